The number of pyridine rings is 2. The Kier molecular flexibility index (Phi) is 12.1. The average molecular weight is 1010 g/mol. The summed E-state index contributed by atoms with van der Waals surface area (Å²) in [6, 6.07) is 48.9. The maximum Gasteiger partial charge on any atom is 0.216 e. The Morgan fingerprint density at radius 1 is 0.729 bits per heavy atom. The van der Waals surface area contributed by atoms with E-state index in [1.807, 2.05) is 37.3 Å². The third-order valence-electron chi connectivity index (χ3n) is 10.9. The van der Waals surface area contributed by atoms with Crippen LogP contribution in [0.5, 0.6) is 0 Å². The van der Waals surface area contributed by atoms with Crippen LogP contribution in [0.4, 0.5) is 5.69 Å². The van der Waals surface area contributed by atoms with Crippen LogP contribution >= 0.6 is 0 Å². The molecule has 1 unspecified atom stereocenters. The van der Waals surface area contributed by atoms with Gasteiger partial charge in [0.25, 0.3) is 0 Å². The second kappa shape index (κ2) is 17.0. The Bertz CT molecular complexity index is 2790. The minimum Gasteiger partial charge on any atom is -0.486 e. The fourth-order valence-corrected chi connectivity index (χ4v) is 11.7. The molecule has 0 aliphatic carbocycles. The molecule has 0 fully saturated rings. The van der Waals surface area contributed by atoms with Gasteiger partial charge in [0.05, 0.1) is 11.3 Å². The first-order chi connectivity index (χ1) is 27.7. The van der Waals surface area contributed by atoms with E-state index in [4.69, 9.17) is 14.4 Å². The van der Waals surface area contributed by atoms with Crippen LogP contribution in [0, 0.1) is 38.3 Å². The molecule has 0 saturated heterocycles. The molecule has 9 rings (SSSR count). The van der Waals surface area contributed by atoms with Crippen molar-refractivity contribution in [2.75, 3.05) is 0 Å². The van der Waals surface area contributed by atoms with Gasteiger partial charge in [-0.05, 0) is 78.1 Å². The normalized spacial score (nSPS) is 13.7. The van der Waals surface area contributed by atoms with Gasteiger partial charge >= 0.3 is 132 Å². The minimum atomic E-state index is -1.90. The van der Waals surface area contributed by atoms with Crippen LogP contribution in [0.2, 0.25) is 17.3 Å². The quantitative estimate of drug-likeness (QED) is 0.123. The topological polar surface area (TPSA) is 51.3 Å². The number of benzene rings is 5. The van der Waals surface area contributed by atoms with E-state index in [-0.39, 0.29) is 26.0 Å². The van der Waals surface area contributed by atoms with Gasteiger partial charge in [-0.2, -0.15) is 0 Å². The molecule has 1 radical (unpaired) electrons. The van der Waals surface area contributed by atoms with E-state index in [0.29, 0.717) is 11.1 Å². The molecule has 0 bridgehead atoms. The Hall–Kier alpha value is -4.94. The van der Waals surface area contributed by atoms with Crippen molar-refractivity contribution in [3.8, 4) is 22.4 Å². The van der Waals surface area contributed by atoms with Crippen molar-refractivity contribution in [3.63, 3.8) is 0 Å². The fraction of sp³-hybridized carbons (Fsp3) is 0.226. The molecular weight excluding hydrogens is 959 g/mol. The first-order valence-electron chi connectivity index (χ1n) is 20.3. The minimum absolute atomic E-state index is 0. The molecular formula is C53H51GeIrN3O-2. The Labute approximate surface area is 366 Å². The van der Waals surface area contributed by atoms with Crippen LogP contribution in [0.15, 0.2) is 137 Å². The molecule has 299 valence electrons. The molecule has 3 aromatic heterocycles. The first-order valence-corrected chi connectivity index (χ1v) is 27.6. The Morgan fingerprint density at radius 2 is 1.44 bits per heavy atom. The molecule has 5 aromatic carbocycles. The van der Waals surface area contributed by atoms with Crippen molar-refractivity contribution < 1.29 is 24.5 Å². The van der Waals surface area contributed by atoms with Crippen molar-refractivity contribution in [1.82, 2.24) is 9.97 Å². The van der Waals surface area contributed by atoms with Gasteiger partial charge in [-0.1, -0.05) is 71.6 Å². The van der Waals surface area contributed by atoms with Gasteiger partial charge in [-0.15, -0.1) is 18.2 Å². The number of aromatic nitrogens is 2. The van der Waals surface area contributed by atoms with Gasteiger partial charge in [0.15, 0.2) is 0 Å². The maximum atomic E-state index is 6.37. The molecule has 0 saturated carbocycles. The van der Waals surface area contributed by atoms with E-state index in [0.717, 1.165) is 56.7 Å². The van der Waals surface area contributed by atoms with E-state index < -0.39 is 13.3 Å². The molecule has 8 aromatic rings. The smallest absolute Gasteiger partial charge is 0.216 e. The standard InChI is InChI=1S/C34H25N2O.C19H26GeN.Ir/c1-20-18-24(23-10-5-4-6-11-23)19-21(2)30(20)31-27-12-7-8-15-29(27)36-32(31)28-14-9-13-25-26-17-16-22(3)35-34(26)37-33(25)28;1-19(2,3)13-16-12-18(15-10-8-7-9-11-15)21-14-17(16)20(4,5)6;/h4-13,15-19,31H,1-3H3;7-10,12,14H,13H2,1-6H3;/q2*-1;. The summed E-state index contributed by atoms with van der Waals surface area (Å²) < 4.78 is 7.91. The van der Waals surface area contributed by atoms with Crippen molar-refractivity contribution in [2.24, 2.45) is 10.4 Å². The van der Waals surface area contributed by atoms with Gasteiger partial charge in [0.2, 0.25) is 5.71 Å². The van der Waals surface area contributed by atoms with Crippen LogP contribution in [0.3, 0.4) is 0 Å². The number of nitrogens with zero attached hydrogens (tertiary/aromatic N) is 3. The van der Waals surface area contributed by atoms with Crippen LogP contribution in [0.1, 0.15) is 65.8 Å². The molecule has 0 spiro atoms. The average Bonchev–Trinajstić information content (AvgIpc) is 3.76. The zero-order valence-corrected chi connectivity index (χ0v) is 40.0. The molecule has 0 N–H and O–H groups in total. The van der Waals surface area contributed by atoms with Gasteiger partial charge < -0.3 is 4.42 Å². The first kappa shape index (κ1) is 42.2. The predicted molar refractivity (Wildman–Crippen MR) is 246 cm³/mol. The van der Waals surface area contributed by atoms with Gasteiger partial charge in [-0.25, -0.2) is 4.98 Å². The van der Waals surface area contributed by atoms with Crippen molar-refractivity contribution in [3.05, 3.63) is 179 Å². The third kappa shape index (κ3) is 8.85. The number of rotatable bonds is 6. The van der Waals surface area contributed by atoms with E-state index in [9.17, 15) is 0 Å². The second-order valence-corrected chi connectivity index (χ2v) is 28.4. The van der Waals surface area contributed by atoms with Crippen molar-refractivity contribution in [1.29, 1.82) is 0 Å². The van der Waals surface area contributed by atoms with Gasteiger partial charge in [0, 0.05) is 37.1 Å². The number of fused-ring (bicyclic) bond motifs is 4. The molecule has 1 atom stereocenters. The van der Waals surface area contributed by atoms with E-state index in [2.05, 4.69) is 166 Å². The largest absolute Gasteiger partial charge is 0.486 e. The molecule has 4 heterocycles. The van der Waals surface area contributed by atoms with E-state index in [1.54, 1.807) is 0 Å². The molecule has 4 nitrogen and oxygen atoms in total. The van der Waals surface area contributed by atoms with Gasteiger partial charge in [-0.3, -0.25) is 4.99 Å². The summed E-state index contributed by atoms with van der Waals surface area (Å²) >= 11 is -1.90. The summed E-state index contributed by atoms with van der Waals surface area (Å²) in [5.41, 5.74) is 16.6. The Balaban J connectivity index is 0.000000206. The van der Waals surface area contributed by atoms with Crippen LogP contribution in [0.25, 0.3) is 44.5 Å². The summed E-state index contributed by atoms with van der Waals surface area (Å²) in [6.45, 7) is 13.3. The second-order valence-electron chi connectivity index (χ2n) is 17.9. The SMILES string of the molecule is CC(C)(C)Cc1cc(-c2[c-]cccc2)nc[c]1[Ge]([CH3])([CH3])[CH3].Cc1ccc2c(n1)oc1c(C3=Nc4ccccc4C3c3c(C)cc(-c4ccccc4)cc3C)[c-]ccc12.[Ir]. The number of para-hydroxylation sites is 1. The van der Waals surface area contributed by atoms with Crippen molar-refractivity contribution >= 4 is 51.1 Å². The number of aryl methyl sites for hydroxylation is 3. The van der Waals surface area contributed by atoms with Crippen LogP contribution in [-0.2, 0) is 26.5 Å². The monoisotopic (exact) mass is 1010 g/mol. The number of furan rings is 1. The third-order valence-corrected chi connectivity index (χ3v) is 15.3. The van der Waals surface area contributed by atoms with Crippen LogP contribution in [-0.4, -0.2) is 28.9 Å². The van der Waals surface area contributed by atoms with Crippen LogP contribution < -0.4 is 4.40 Å². The zero-order valence-electron chi connectivity index (χ0n) is 35.5. The molecule has 0 amide bonds. The number of hydrogen-bond acceptors (Lipinski definition) is 4. The maximum absolute atomic E-state index is 6.37. The summed E-state index contributed by atoms with van der Waals surface area (Å²) in [4.78, 5) is 14.6. The molecule has 1 aliphatic rings. The van der Waals surface area contributed by atoms with Crippen molar-refractivity contribution in [2.45, 2.75) is 71.1 Å². The summed E-state index contributed by atoms with van der Waals surface area (Å²) in [7, 11) is 0. The summed E-state index contributed by atoms with van der Waals surface area (Å²) in [5, 5.41) is 2.06. The zero-order chi connectivity index (χ0) is 40.8. The molecule has 1 aliphatic heterocycles. The number of aliphatic imine (C=N–C) groups is 1. The summed E-state index contributed by atoms with van der Waals surface area (Å²) in [6.07, 6.45) is 3.24. The fourth-order valence-electron chi connectivity index (χ4n) is 8.39. The van der Waals surface area contributed by atoms with Gasteiger partial charge in [0.1, 0.15) is 0 Å². The van der Waals surface area contributed by atoms with E-state index >= 15 is 0 Å². The number of hydrogen-bond donors (Lipinski definition) is 0. The predicted octanol–water partition coefficient (Wildman–Crippen LogP) is 13.3. The Morgan fingerprint density at radius 3 is 2.14 bits per heavy atom. The molecule has 6 heteroatoms. The molecule has 59 heavy (non-hydrogen) atoms. The van der Waals surface area contributed by atoms with E-state index in [1.165, 1.54) is 43.3 Å². The summed E-state index contributed by atoms with van der Waals surface area (Å²) in [5.74, 6) is 7.32.